The number of nitrogens with zero attached hydrogens (tertiary/aromatic N) is 2. The van der Waals surface area contributed by atoms with Crippen LogP contribution in [0.25, 0.3) is 10.9 Å². The normalized spacial score (nSPS) is 18.8. The summed E-state index contributed by atoms with van der Waals surface area (Å²) >= 11 is 0. The first kappa shape index (κ1) is 17.9. The van der Waals surface area contributed by atoms with Gasteiger partial charge in [-0.15, -0.1) is 0 Å². The maximum absolute atomic E-state index is 13.3. The number of ether oxygens (including phenoxy) is 2. The molecule has 3 aromatic rings. The SMILES string of the molecule is O=C(NC1CCOc2ccccc21)c1cc(N2CCOCC2)nc2ccccc12. The number of amides is 1. The first-order valence-corrected chi connectivity index (χ1v) is 10.0. The summed E-state index contributed by atoms with van der Waals surface area (Å²) in [5.74, 6) is 1.59. The van der Waals surface area contributed by atoms with E-state index in [1.165, 1.54) is 0 Å². The van der Waals surface area contributed by atoms with Crippen LogP contribution in [-0.2, 0) is 4.74 Å². The Kier molecular flexibility index (Phi) is 4.77. The number of hydrogen-bond acceptors (Lipinski definition) is 5. The predicted octanol–water partition coefficient (Wildman–Crippen LogP) is 3.33. The molecule has 1 atom stereocenters. The maximum Gasteiger partial charge on any atom is 0.252 e. The van der Waals surface area contributed by atoms with Gasteiger partial charge in [-0.1, -0.05) is 36.4 Å². The van der Waals surface area contributed by atoms with E-state index in [0.29, 0.717) is 25.4 Å². The third-order valence-electron chi connectivity index (χ3n) is 5.55. The number of aromatic nitrogens is 1. The molecule has 2 aliphatic heterocycles. The average molecular weight is 389 g/mol. The zero-order valence-corrected chi connectivity index (χ0v) is 16.1. The van der Waals surface area contributed by atoms with Gasteiger partial charge in [0, 0.05) is 30.5 Å². The van der Waals surface area contributed by atoms with E-state index in [-0.39, 0.29) is 11.9 Å². The molecule has 0 spiro atoms. The molecule has 1 saturated heterocycles. The Morgan fingerprint density at radius 2 is 1.83 bits per heavy atom. The number of anilines is 1. The topological polar surface area (TPSA) is 63.7 Å². The molecule has 1 fully saturated rings. The molecule has 0 radical (unpaired) electrons. The number of hydrogen-bond donors (Lipinski definition) is 1. The molecular formula is C23H23N3O3. The molecule has 3 heterocycles. The van der Waals surface area contributed by atoms with Crippen molar-refractivity contribution < 1.29 is 14.3 Å². The van der Waals surface area contributed by atoms with Gasteiger partial charge in [0.05, 0.1) is 36.9 Å². The number of fused-ring (bicyclic) bond motifs is 2. The lowest BCUT2D eigenvalue weighted by atomic mass is 9.99. The Balaban J connectivity index is 1.50. The van der Waals surface area contributed by atoms with Gasteiger partial charge in [0.1, 0.15) is 11.6 Å². The molecule has 0 saturated carbocycles. The summed E-state index contributed by atoms with van der Waals surface area (Å²) in [4.78, 5) is 20.3. The molecular weight excluding hydrogens is 366 g/mol. The fraction of sp³-hybridized carbons (Fsp3) is 0.304. The van der Waals surface area contributed by atoms with E-state index in [9.17, 15) is 4.79 Å². The van der Waals surface area contributed by atoms with Gasteiger partial charge in [-0.2, -0.15) is 0 Å². The molecule has 0 aliphatic carbocycles. The highest BCUT2D eigenvalue weighted by Gasteiger charge is 2.25. The minimum absolute atomic E-state index is 0.0637. The van der Waals surface area contributed by atoms with Gasteiger partial charge in [0.25, 0.3) is 5.91 Å². The molecule has 1 aromatic heterocycles. The smallest absolute Gasteiger partial charge is 0.252 e. The van der Waals surface area contributed by atoms with Crippen LogP contribution in [0.3, 0.4) is 0 Å². The fourth-order valence-electron chi connectivity index (χ4n) is 4.03. The van der Waals surface area contributed by atoms with Crippen molar-refractivity contribution in [3.8, 4) is 5.75 Å². The van der Waals surface area contributed by atoms with Crippen LogP contribution in [0.15, 0.2) is 54.6 Å². The van der Waals surface area contributed by atoms with Gasteiger partial charge in [-0.05, 0) is 18.2 Å². The van der Waals surface area contributed by atoms with Gasteiger partial charge in [-0.25, -0.2) is 4.98 Å². The first-order valence-electron chi connectivity index (χ1n) is 10.0. The largest absolute Gasteiger partial charge is 0.493 e. The molecule has 1 amide bonds. The van der Waals surface area contributed by atoms with Gasteiger partial charge in [0.15, 0.2) is 0 Å². The molecule has 29 heavy (non-hydrogen) atoms. The molecule has 148 valence electrons. The lowest BCUT2D eigenvalue weighted by Crippen LogP contribution is -2.37. The zero-order chi connectivity index (χ0) is 19.6. The number of benzene rings is 2. The summed E-state index contributed by atoms with van der Waals surface area (Å²) in [5, 5.41) is 4.09. The van der Waals surface area contributed by atoms with Gasteiger partial charge >= 0.3 is 0 Å². The van der Waals surface area contributed by atoms with Crippen molar-refractivity contribution in [3.63, 3.8) is 0 Å². The summed E-state index contributed by atoms with van der Waals surface area (Å²) in [6.45, 7) is 3.50. The van der Waals surface area contributed by atoms with E-state index in [2.05, 4.69) is 10.2 Å². The summed E-state index contributed by atoms with van der Waals surface area (Å²) in [6.07, 6.45) is 0.752. The lowest BCUT2D eigenvalue weighted by Gasteiger charge is -2.29. The van der Waals surface area contributed by atoms with Crippen molar-refractivity contribution in [1.29, 1.82) is 0 Å². The van der Waals surface area contributed by atoms with Crippen LogP contribution in [0.2, 0.25) is 0 Å². The third kappa shape index (κ3) is 3.51. The Bertz CT molecular complexity index is 1050. The summed E-state index contributed by atoms with van der Waals surface area (Å²) in [7, 11) is 0. The highest BCUT2D eigenvalue weighted by molar-refractivity contribution is 6.07. The second kappa shape index (κ2) is 7.72. The number of nitrogens with one attached hydrogen (secondary N) is 1. The first-order chi connectivity index (χ1) is 14.3. The monoisotopic (exact) mass is 389 g/mol. The minimum Gasteiger partial charge on any atom is -0.493 e. The predicted molar refractivity (Wildman–Crippen MR) is 112 cm³/mol. The number of pyridine rings is 1. The number of para-hydroxylation sites is 2. The van der Waals surface area contributed by atoms with Gasteiger partial charge < -0.3 is 19.7 Å². The molecule has 2 aromatic carbocycles. The van der Waals surface area contributed by atoms with Crippen molar-refractivity contribution in [2.45, 2.75) is 12.5 Å². The maximum atomic E-state index is 13.3. The van der Waals surface area contributed by atoms with Crippen LogP contribution in [-0.4, -0.2) is 43.8 Å². The van der Waals surface area contributed by atoms with Gasteiger partial charge in [0.2, 0.25) is 0 Å². The Morgan fingerprint density at radius 3 is 2.72 bits per heavy atom. The van der Waals surface area contributed by atoms with E-state index in [0.717, 1.165) is 47.5 Å². The van der Waals surface area contributed by atoms with Crippen LogP contribution in [0, 0.1) is 0 Å². The van der Waals surface area contributed by atoms with Crippen molar-refractivity contribution in [2.24, 2.45) is 0 Å². The summed E-state index contributed by atoms with van der Waals surface area (Å²) in [5.41, 5.74) is 2.51. The Hall–Kier alpha value is -3.12. The quantitative estimate of drug-likeness (QED) is 0.745. The highest BCUT2D eigenvalue weighted by Crippen LogP contribution is 2.32. The van der Waals surface area contributed by atoms with Crippen LogP contribution < -0.4 is 15.0 Å². The Labute approximate surface area is 169 Å². The second-order valence-electron chi connectivity index (χ2n) is 7.35. The lowest BCUT2D eigenvalue weighted by molar-refractivity contribution is 0.0926. The zero-order valence-electron chi connectivity index (χ0n) is 16.1. The fourth-order valence-corrected chi connectivity index (χ4v) is 4.03. The van der Waals surface area contributed by atoms with E-state index in [1.54, 1.807) is 0 Å². The molecule has 6 nitrogen and oxygen atoms in total. The average Bonchev–Trinajstić information content (AvgIpc) is 2.79. The Morgan fingerprint density at radius 1 is 1.03 bits per heavy atom. The summed E-state index contributed by atoms with van der Waals surface area (Å²) < 4.78 is 11.2. The van der Waals surface area contributed by atoms with E-state index >= 15 is 0 Å². The standard InChI is InChI=1S/C23H23N3O3/c27-23(25-20-9-12-29-21-8-4-2-6-17(20)21)18-15-22(26-10-13-28-14-11-26)24-19-7-3-1-5-16(18)19/h1-8,15,20H,9-14H2,(H,25,27). The molecule has 0 bridgehead atoms. The van der Waals surface area contributed by atoms with Crippen molar-refractivity contribution >= 4 is 22.6 Å². The highest BCUT2D eigenvalue weighted by atomic mass is 16.5. The van der Waals surface area contributed by atoms with Crippen LogP contribution in [0.4, 0.5) is 5.82 Å². The van der Waals surface area contributed by atoms with Crippen LogP contribution in [0.5, 0.6) is 5.75 Å². The third-order valence-corrected chi connectivity index (χ3v) is 5.55. The van der Waals surface area contributed by atoms with Gasteiger partial charge in [-0.3, -0.25) is 4.79 Å². The minimum atomic E-state index is -0.0835. The number of rotatable bonds is 3. The van der Waals surface area contributed by atoms with Crippen LogP contribution in [0.1, 0.15) is 28.4 Å². The number of morpholine rings is 1. The molecule has 1 N–H and O–H groups in total. The van der Waals surface area contributed by atoms with Crippen LogP contribution >= 0.6 is 0 Å². The van der Waals surface area contributed by atoms with Crippen molar-refractivity contribution in [2.75, 3.05) is 37.8 Å². The number of carbonyl (C=O) groups is 1. The molecule has 6 heteroatoms. The molecule has 5 rings (SSSR count). The van der Waals surface area contributed by atoms with E-state index in [4.69, 9.17) is 14.5 Å². The number of carbonyl (C=O) groups excluding carboxylic acids is 1. The van der Waals surface area contributed by atoms with Crippen molar-refractivity contribution in [3.05, 3.63) is 65.7 Å². The molecule has 2 aliphatic rings. The molecule has 1 unspecified atom stereocenters. The van der Waals surface area contributed by atoms with E-state index < -0.39 is 0 Å². The van der Waals surface area contributed by atoms with Crippen molar-refractivity contribution in [1.82, 2.24) is 10.3 Å². The summed E-state index contributed by atoms with van der Waals surface area (Å²) in [6, 6.07) is 17.6. The van der Waals surface area contributed by atoms with E-state index in [1.807, 2.05) is 54.6 Å². The second-order valence-corrected chi connectivity index (χ2v) is 7.35.